The summed E-state index contributed by atoms with van der Waals surface area (Å²) >= 11 is 1.47. The Balaban J connectivity index is 1.75. The monoisotopic (exact) mass is 465 g/mol. The van der Waals surface area contributed by atoms with E-state index in [2.05, 4.69) is 4.98 Å². The predicted octanol–water partition coefficient (Wildman–Crippen LogP) is 6.51. The second-order valence-corrected chi connectivity index (χ2v) is 8.75. The number of halogens is 3. The number of ether oxygens (including phenoxy) is 1. The van der Waals surface area contributed by atoms with Crippen LogP contribution >= 0.6 is 11.8 Å². The van der Waals surface area contributed by atoms with Gasteiger partial charge in [0.25, 0.3) is 0 Å². The summed E-state index contributed by atoms with van der Waals surface area (Å²) in [6.45, 7) is 6.65. The minimum Gasteiger partial charge on any atom is -0.478 e. The molecule has 0 aliphatic heterocycles. The van der Waals surface area contributed by atoms with Crippen molar-refractivity contribution in [2.45, 2.75) is 50.1 Å². The highest BCUT2D eigenvalue weighted by Crippen LogP contribution is 2.34. The number of nitrogens with zero attached hydrogens (tertiary/aromatic N) is 1. The molecule has 0 radical (unpaired) electrons. The number of carboxylic acid groups (broad SMARTS) is 1. The molecule has 2 aromatic carbocycles. The van der Waals surface area contributed by atoms with Crippen LogP contribution in [0.25, 0.3) is 11.5 Å². The minimum atomic E-state index is -4.40. The van der Waals surface area contributed by atoms with E-state index in [1.165, 1.54) is 37.7 Å². The summed E-state index contributed by atoms with van der Waals surface area (Å²) < 4.78 is 49.7. The van der Waals surface area contributed by atoms with E-state index >= 15 is 0 Å². The van der Waals surface area contributed by atoms with Crippen LogP contribution in [0, 0.1) is 13.8 Å². The quantitative estimate of drug-likeness (QED) is 0.401. The summed E-state index contributed by atoms with van der Waals surface area (Å²) in [4.78, 5) is 16.5. The predicted molar refractivity (Wildman–Crippen MR) is 115 cm³/mol. The molecule has 3 aromatic rings. The Hall–Kier alpha value is -2.94. The van der Waals surface area contributed by atoms with Crippen molar-refractivity contribution in [1.82, 2.24) is 4.98 Å². The smallest absolute Gasteiger partial charge is 0.416 e. The number of hydrogen-bond acceptors (Lipinski definition) is 5. The van der Waals surface area contributed by atoms with Crippen LogP contribution < -0.4 is 4.74 Å². The zero-order valence-electron chi connectivity index (χ0n) is 17.9. The Morgan fingerprint density at radius 3 is 2.38 bits per heavy atom. The fraction of sp³-hybridized carbons (Fsp3) is 0.304. The van der Waals surface area contributed by atoms with Gasteiger partial charge in [-0.15, -0.1) is 11.8 Å². The summed E-state index contributed by atoms with van der Waals surface area (Å²) in [5.74, 6) is 0.655. The number of rotatable bonds is 7. The molecule has 9 heteroatoms. The van der Waals surface area contributed by atoms with Gasteiger partial charge in [0, 0.05) is 10.5 Å². The van der Waals surface area contributed by atoms with Crippen LogP contribution in [0.3, 0.4) is 0 Å². The highest BCUT2D eigenvalue weighted by atomic mass is 32.2. The van der Waals surface area contributed by atoms with Crippen molar-refractivity contribution in [2.75, 3.05) is 0 Å². The molecule has 0 saturated heterocycles. The molecule has 1 aromatic heterocycles. The topological polar surface area (TPSA) is 72.6 Å². The Morgan fingerprint density at radius 2 is 1.78 bits per heavy atom. The molecule has 0 unspecified atom stereocenters. The molecular weight excluding hydrogens is 443 g/mol. The molecule has 0 bridgehead atoms. The number of benzene rings is 2. The van der Waals surface area contributed by atoms with Crippen molar-refractivity contribution < 1.29 is 32.2 Å². The summed E-state index contributed by atoms with van der Waals surface area (Å²) in [6.07, 6.45) is -4.40. The number of aromatic nitrogens is 1. The zero-order valence-corrected chi connectivity index (χ0v) is 18.7. The van der Waals surface area contributed by atoms with Crippen molar-refractivity contribution in [3.05, 3.63) is 65.0 Å². The van der Waals surface area contributed by atoms with Crippen molar-refractivity contribution >= 4 is 17.7 Å². The van der Waals surface area contributed by atoms with Gasteiger partial charge in [-0.2, -0.15) is 13.2 Å². The molecule has 1 N–H and O–H groups in total. The lowest BCUT2D eigenvalue weighted by molar-refractivity contribution is -0.152. The molecule has 0 aliphatic carbocycles. The number of carboxylic acids is 1. The molecular formula is C23H22F3NO4S. The summed E-state index contributed by atoms with van der Waals surface area (Å²) in [6, 6.07) is 9.99. The molecule has 5 nitrogen and oxygen atoms in total. The Labute approximate surface area is 187 Å². The van der Waals surface area contributed by atoms with Crippen molar-refractivity contribution in [3.8, 4) is 17.2 Å². The van der Waals surface area contributed by atoms with E-state index in [9.17, 15) is 23.1 Å². The number of carbonyl (C=O) groups is 1. The lowest BCUT2D eigenvalue weighted by Gasteiger charge is -2.22. The van der Waals surface area contributed by atoms with Gasteiger partial charge >= 0.3 is 12.1 Å². The Morgan fingerprint density at radius 1 is 1.12 bits per heavy atom. The largest absolute Gasteiger partial charge is 0.478 e. The fourth-order valence-corrected chi connectivity index (χ4v) is 3.82. The van der Waals surface area contributed by atoms with Gasteiger partial charge in [0.15, 0.2) is 5.60 Å². The van der Waals surface area contributed by atoms with Gasteiger partial charge in [0.05, 0.1) is 17.0 Å². The van der Waals surface area contributed by atoms with Gasteiger partial charge in [-0.05, 0) is 69.7 Å². The van der Waals surface area contributed by atoms with Gasteiger partial charge < -0.3 is 14.3 Å². The average Bonchev–Trinajstić information content (AvgIpc) is 3.08. The SMILES string of the molecule is Cc1ccc(OC(C)(C)C(=O)O)cc1SCc1oc(-c2ccc(C(F)(F)F)cc2)nc1C. The van der Waals surface area contributed by atoms with Gasteiger partial charge in [-0.1, -0.05) is 6.07 Å². The molecule has 1 heterocycles. The normalized spacial score (nSPS) is 12.1. The second-order valence-electron chi connectivity index (χ2n) is 7.74. The standard InChI is InChI=1S/C23H22F3NO4S/c1-13-5-10-17(31-22(3,4)21(28)29)11-19(13)32-12-18-14(2)27-20(30-18)15-6-8-16(9-7-15)23(24,25)26/h5-11H,12H2,1-4H3,(H,28,29). The van der Waals surface area contributed by atoms with Gasteiger partial charge in [-0.3, -0.25) is 0 Å². The third-order valence-corrected chi connectivity index (χ3v) is 5.92. The first-order chi connectivity index (χ1) is 14.9. The van der Waals surface area contributed by atoms with Crippen molar-refractivity contribution in [2.24, 2.45) is 0 Å². The zero-order chi connectivity index (χ0) is 23.7. The second kappa shape index (κ2) is 8.90. The number of thioether (sulfide) groups is 1. The fourth-order valence-electron chi connectivity index (χ4n) is 2.77. The molecule has 3 rings (SSSR count). The van der Waals surface area contributed by atoms with E-state index in [4.69, 9.17) is 9.15 Å². The summed E-state index contributed by atoms with van der Waals surface area (Å²) in [7, 11) is 0. The third kappa shape index (κ3) is 5.45. The number of aryl methyl sites for hydroxylation is 2. The lowest BCUT2D eigenvalue weighted by atomic mass is 10.1. The highest BCUT2D eigenvalue weighted by molar-refractivity contribution is 7.98. The van der Waals surface area contributed by atoms with E-state index < -0.39 is 23.3 Å². The van der Waals surface area contributed by atoms with E-state index in [0.717, 1.165) is 22.6 Å². The van der Waals surface area contributed by atoms with Crippen molar-refractivity contribution in [1.29, 1.82) is 0 Å². The van der Waals surface area contributed by atoms with Crippen molar-refractivity contribution in [3.63, 3.8) is 0 Å². The van der Waals surface area contributed by atoms with Gasteiger partial charge in [0.1, 0.15) is 11.5 Å². The Bertz CT molecular complexity index is 1120. The molecule has 0 atom stereocenters. The van der Waals surface area contributed by atoms with E-state index in [-0.39, 0.29) is 5.89 Å². The van der Waals surface area contributed by atoms with E-state index in [1.54, 1.807) is 19.1 Å². The number of oxazole rings is 1. The van der Waals surface area contributed by atoms with Crippen LogP contribution in [-0.2, 0) is 16.7 Å². The summed E-state index contributed by atoms with van der Waals surface area (Å²) in [5, 5.41) is 9.25. The number of alkyl halides is 3. The average molecular weight is 465 g/mol. The molecule has 0 saturated carbocycles. The lowest BCUT2D eigenvalue weighted by Crippen LogP contribution is -2.37. The van der Waals surface area contributed by atoms with Crippen LogP contribution in [-0.4, -0.2) is 21.7 Å². The molecule has 0 fully saturated rings. The van der Waals surface area contributed by atoms with Crippen LogP contribution in [0.1, 0.15) is 36.4 Å². The highest BCUT2D eigenvalue weighted by Gasteiger charge is 2.30. The minimum absolute atomic E-state index is 0.254. The van der Waals surface area contributed by atoms with Crippen LogP contribution in [0.5, 0.6) is 5.75 Å². The molecule has 0 amide bonds. The number of aliphatic carboxylic acids is 1. The molecule has 170 valence electrons. The maximum absolute atomic E-state index is 12.8. The van der Waals surface area contributed by atoms with E-state index in [0.29, 0.717) is 28.5 Å². The van der Waals surface area contributed by atoms with E-state index in [1.807, 2.05) is 13.0 Å². The number of hydrogen-bond donors (Lipinski definition) is 1. The first kappa shape index (κ1) is 23.7. The molecule has 0 spiro atoms. The first-order valence-corrected chi connectivity index (χ1v) is 10.6. The first-order valence-electron chi connectivity index (χ1n) is 9.66. The maximum atomic E-state index is 12.8. The van der Waals surface area contributed by atoms with Crippen LogP contribution in [0.4, 0.5) is 13.2 Å². The van der Waals surface area contributed by atoms with Crippen LogP contribution in [0.2, 0.25) is 0 Å². The Kier molecular flexibility index (Phi) is 6.59. The summed E-state index contributed by atoms with van der Waals surface area (Å²) in [5.41, 5.74) is -0.0150. The van der Waals surface area contributed by atoms with Gasteiger partial charge in [-0.25, -0.2) is 9.78 Å². The van der Waals surface area contributed by atoms with Gasteiger partial charge in [0.2, 0.25) is 5.89 Å². The third-order valence-electron chi connectivity index (χ3n) is 4.76. The molecule has 0 aliphatic rings. The maximum Gasteiger partial charge on any atom is 0.416 e. The molecule has 32 heavy (non-hydrogen) atoms. The van der Waals surface area contributed by atoms with Crippen LogP contribution in [0.15, 0.2) is 51.8 Å².